The Morgan fingerprint density at radius 2 is 1.88 bits per heavy atom. The molecule has 0 bridgehead atoms. The number of amides is 1. The maximum Gasteiger partial charge on any atom is 0.257 e. The van der Waals surface area contributed by atoms with E-state index in [4.69, 9.17) is 9.47 Å². The first kappa shape index (κ1) is 19.8. The summed E-state index contributed by atoms with van der Waals surface area (Å²) in [7, 11) is 3.68. The van der Waals surface area contributed by atoms with Crippen molar-refractivity contribution >= 4 is 5.91 Å². The van der Waals surface area contributed by atoms with Gasteiger partial charge in [-0.2, -0.15) is 0 Å². The highest BCUT2D eigenvalue weighted by Crippen LogP contribution is 2.27. The highest BCUT2D eigenvalue weighted by molar-refractivity contribution is 5.77. The highest BCUT2D eigenvalue weighted by atomic mass is 16.5. The van der Waals surface area contributed by atoms with Crippen LogP contribution >= 0.6 is 0 Å². The molecule has 0 atom stereocenters. The number of aryl methyl sites for hydroxylation is 1. The molecule has 0 radical (unpaired) electrons. The van der Waals surface area contributed by atoms with Gasteiger partial charge in [0.15, 0.2) is 18.1 Å². The third-order valence-electron chi connectivity index (χ3n) is 4.01. The zero-order chi connectivity index (χ0) is 18.8. The normalized spacial score (nSPS) is 10.6. The van der Waals surface area contributed by atoms with Crippen LogP contribution in [-0.4, -0.2) is 44.7 Å². The van der Waals surface area contributed by atoms with E-state index in [1.807, 2.05) is 43.3 Å². The zero-order valence-corrected chi connectivity index (χ0v) is 15.8. The van der Waals surface area contributed by atoms with Crippen LogP contribution in [0.3, 0.4) is 0 Å². The Hall–Kier alpha value is -2.53. The molecule has 0 aliphatic rings. The molecule has 26 heavy (non-hydrogen) atoms. The first-order valence-electron chi connectivity index (χ1n) is 8.85. The van der Waals surface area contributed by atoms with Crippen LogP contribution < -0.4 is 14.8 Å². The standard InChI is InChI=1S/C21H28N2O3/c1-17-10-11-19(20(14-17)25-3)26-16-21(24)22-12-7-13-23(2)15-18-8-5-4-6-9-18/h4-6,8-11,14H,7,12-13,15-16H2,1-3H3,(H,22,24). The van der Waals surface area contributed by atoms with E-state index in [9.17, 15) is 4.79 Å². The molecular formula is C21H28N2O3. The van der Waals surface area contributed by atoms with Gasteiger partial charge in [-0.1, -0.05) is 36.4 Å². The SMILES string of the molecule is COc1cc(C)ccc1OCC(=O)NCCCN(C)Cc1ccccc1. The second kappa shape index (κ2) is 10.5. The minimum absolute atomic E-state index is 0.0146. The van der Waals surface area contributed by atoms with Crippen LogP contribution in [0.1, 0.15) is 17.5 Å². The Balaban J connectivity index is 1.63. The van der Waals surface area contributed by atoms with Gasteiger partial charge >= 0.3 is 0 Å². The lowest BCUT2D eigenvalue weighted by Gasteiger charge is -2.17. The predicted molar refractivity (Wildman–Crippen MR) is 104 cm³/mol. The number of ether oxygens (including phenoxy) is 2. The van der Waals surface area contributed by atoms with Gasteiger partial charge in [0.05, 0.1) is 7.11 Å². The fourth-order valence-corrected chi connectivity index (χ4v) is 2.64. The molecule has 2 aromatic carbocycles. The van der Waals surface area contributed by atoms with Crippen molar-refractivity contribution in [2.45, 2.75) is 19.9 Å². The highest BCUT2D eigenvalue weighted by Gasteiger charge is 2.08. The van der Waals surface area contributed by atoms with Crippen molar-refractivity contribution in [1.29, 1.82) is 0 Å². The molecule has 0 heterocycles. The number of nitrogens with one attached hydrogen (secondary N) is 1. The molecule has 2 rings (SSSR count). The van der Waals surface area contributed by atoms with Crippen molar-refractivity contribution in [3.63, 3.8) is 0 Å². The molecule has 0 saturated heterocycles. The molecule has 0 saturated carbocycles. The molecular weight excluding hydrogens is 328 g/mol. The van der Waals surface area contributed by atoms with Crippen molar-refractivity contribution in [2.75, 3.05) is 33.9 Å². The first-order chi connectivity index (χ1) is 12.6. The van der Waals surface area contributed by atoms with Crippen molar-refractivity contribution in [3.8, 4) is 11.5 Å². The molecule has 5 nitrogen and oxygen atoms in total. The number of carbonyl (C=O) groups is 1. The minimum Gasteiger partial charge on any atom is -0.493 e. The van der Waals surface area contributed by atoms with E-state index in [1.165, 1.54) is 5.56 Å². The summed E-state index contributed by atoms with van der Waals surface area (Å²) < 4.78 is 10.8. The lowest BCUT2D eigenvalue weighted by atomic mass is 10.2. The van der Waals surface area contributed by atoms with Crippen molar-refractivity contribution < 1.29 is 14.3 Å². The van der Waals surface area contributed by atoms with Gasteiger partial charge in [0.25, 0.3) is 5.91 Å². The molecule has 0 spiro atoms. The summed E-state index contributed by atoms with van der Waals surface area (Å²) in [6, 6.07) is 16.0. The predicted octanol–water partition coefficient (Wildman–Crippen LogP) is 3.02. The number of rotatable bonds is 10. The van der Waals surface area contributed by atoms with E-state index in [0.717, 1.165) is 25.1 Å². The van der Waals surface area contributed by atoms with Gasteiger partial charge in [-0.05, 0) is 50.2 Å². The fourth-order valence-electron chi connectivity index (χ4n) is 2.64. The van der Waals surface area contributed by atoms with E-state index < -0.39 is 0 Å². The average molecular weight is 356 g/mol. The quantitative estimate of drug-likeness (QED) is 0.665. The van der Waals surface area contributed by atoms with Gasteiger partial charge in [0.2, 0.25) is 0 Å². The molecule has 0 fully saturated rings. The van der Waals surface area contributed by atoms with Crippen LogP contribution in [0.25, 0.3) is 0 Å². The largest absolute Gasteiger partial charge is 0.493 e. The van der Waals surface area contributed by atoms with Crippen molar-refractivity contribution in [1.82, 2.24) is 10.2 Å². The van der Waals surface area contributed by atoms with Gasteiger partial charge in [-0.25, -0.2) is 0 Å². The van der Waals surface area contributed by atoms with Crippen molar-refractivity contribution in [2.24, 2.45) is 0 Å². The fraction of sp³-hybridized carbons (Fsp3) is 0.381. The van der Waals surface area contributed by atoms with Gasteiger partial charge in [0.1, 0.15) is 0 Å². The lowest BCUT2D eigenvalue weighted by molar-refractivity contribution is -0.123. The Labute approximate surface area is 155 Å². The first-order valence-corrected chi connectivity index (χ1v) is 8.85. The molecule has 0 unspecified atom stereocenters. The van der Waals surface area contributed by atoms with Gasteiger partial charge in [-0.3, -0.25) is 4.79 Å². The summed E-state index contributed by atoms with van der Waals surface area (Å²) in [6.45, 7) is 4.42. The van der Waals surface area contributed by atoms with E-state index in [2.05, 4.69) is 29.4 Å². The van der Waals surface area contributed by atoms with Crippen LogP contribution in [0.4, 0.5) is 0 Å². The number of hydrogen-bond donors (Lipinski definition) is 1. The third-order valence-corrected chi connectivity index (χ3v) is 4.01. The maximum atomic E-state index is 11.9. The molecule has 140 valence electrons. The summed E-state index contributed by atoms with van der Waals surface area (Å²) in [5, 5.41) is 2.89. The molecule has 1 N–H and O–H groups in total. The van der Waals surface area contributed by atoms with E-state index in [0.29, 0.717) is 18.0 Å². The molecule has 0 aliphatic heterocycles. The van der Waals surface area contributed by atoms with Gasteiger partial charge < -0.3 is 19.7 Å². The number of hydrogen-bond acceptors (Lipinski definition) is 4. The van der Waals surface area contributed by atoms with Gasteiger partial charge in [-0.15, -0.1) is 0 Å². The topological polar surface area (TPSA) is 50.8 Å². The number of benzene rings is 2. The summed E-state index contributed by atoms with van der Waals surface area (Å²) in [6.07, 6.45) is 0.892. The summed E-state index contributed by atoms with van der Waals surface area (Å²) >= 11 is 0. The molecule has 5 heteroatoms. The summed E-state index contributed by atoms with van der Waals surface area (Å²) in [5.41, 5.74) is 2.37. The van der Waals surface area contributed by atoms with Gasteiger partial charge in [0, 0.05) is 13.1 Å². The van der Waals surface area contributed by atoms with Crippen molar-refractivity contribution in [3.05, 3.63) is 59.7 Å². The number of carbonyl (C=O) groups excluding carboxylic acids is 1. The average Bonchev–Trinajstić information content (AvgIpc) is 2.65. The van der Waals surface area contributed by atoms with E-state index >= 15 is 0 Å². The Morgan fingerprint density at radius 1 is 1.12 bits per heavy atom. The van der Waals surface area contributed by atoms with Crippen LogP contribution in [0.15, 0.2) is 48.5 Å². The maximum absolute atomic E-state index is 11.9. The Bertz CT molecular complexity index is 689. The smallest absolute Gasteiger partial charge is 0.257 e. The molecule has 0 aliphatic carbocycles. The van der Waals surface area contributed by atoms with Crippen LogP contribution in [0, 0.1) is 6.92 Å². The number of nitrogens with zero attached hydrogens (tertiary/aromatic N) is 1. The molecule has 0 aromatic heterocycles. The third kappa shape index (κ3) is 6.76. The molecule has 2 aromatic rings. The zero-order valence-electron chi connectivity index (χ0n) is 15.8. The second-order valence-corrected chi connectivity index (χ2v) is 6.37. The molecule has 1 amide bonds. The second-order valence-electron chi connectivity index (χ2n) is 6.37. The van der Waals surface area contributed by atoms with E-state index in [-0.39, 0.29) is 12.5 Å². The lowest BCUT2D eigenvalue weighted by Crippen LogP contribution is -2.31. The van der Waals surface area contributed by atoms with Crippen LogP contribution in [-0.2, 0) is 11.3 Å². The number of methoxy groups -OCH3 is 1. The van der Waals surface area contributed by atoms with E-state index in [1.54, 1.807) is 7.11 Å². The Kier molecular flexibility index (Phi) is 7.96. The monoisotopic (exact) mass is 356 g/mol. The van der Waals surface area contributed by atoms with Crippen LogP contribution in [0.2, 0.25) is 0 Å². The van der Waals surface area contributed by atoms with Crippen LogP contribution in [0.5, 0.6) is 11.5 Å². The minimum atomic E-state index is -0.127. The Morgan fingerprint density at radius 3 is 2.62 bits per heavy atom. The summed E-state index contributed by atoms with van der Waals surface area (Å²) in [4.78, 5) is 14.2. The summed E-state index contributed by atoms with van der Waals surface area (Å²) in [5.74, 6) is 1.09.